The Morgan fingerprint density at radius 3 is 2.43 bits per heavy atom. The van der Waals surface area contributed by atoms with Crippen molar-refractivity contribution in [1.82, 2.24) is 0 Å². The van der Waals surface area contributed by atoms with Gasteiger partial charge in [0, 0.05) is 24.1 Å². The number of phenolic OH excluding ortho intramolecular Hbond substituents is 3. The van der Waals surface area contributed by atoms with E-state index in [0.29, 0.717) is 0 Å². The third-order valence-corrected chi connectivity index (χ3v) is 6.68. The van der Waals surface area contributed by atoms with Crippen LogP contribution in [0.3, 0.4) is 0 Å². The molecule has 1 aliphatic heterocycles. The number of phenols is 3. The van der Waals surface area contributed by atoms with E-state index in [1.54, 1.807) is 6.92 Å². The van der Waals surface area contributed by atoms with Gasteiger partial charge in [0.1, 0.15) is 40.4 Å². The second-order valence-corrected chi connectivity index (χ2v) is 9.68. The number of ether oxygens (including phenoxy) is 4. The van der Waals surface area contributed by atoms with Crippen molar-refractivity contribution >= 4 is 17.3 Å². The SMILES string of the molecule is CCC(O)C(O)COC(C=O)OC1CC(CO)OC(Oc2c(-c3ccc(O)cc3)oc3cc(O)cc(O)c3c2=O)C1O. The largest absolute Gasteiger partial charge is 0.508 e. The lowest BCUT2D eigenvalue weighted by atomic mass is 10.0. The topological polar surface area (TPSA) is 226 Å². The molecular weight excluding hydrogens is 560 g/mol. The minimum Gasteiger partial charge on any atom is -0.508 e. The molecule has 7 atom stereocenters. The van der Waals surface area contributed by atoms with E-state index in [0.717, 1.165) is 12.1 Å². The van der Waals surface area contributed by atoms with Gasteiger partial charge in [0.05, 0.1) is 31.5 Å². The molecule has 0 radical (unpaired) electrons. The summed E-state index contributed by atoms with van der Waals surface area (Å²) >= 11 is 0. The van der Waals surface area contributed by atoms with Gasteiger partial charge in [0.2, 0.25) is 23.8 Å². The maximum Gasteiger partial charge on any atom is 0.239 e. The first kappa shape index (κ1) is 31.2. The number of aldehydes is 1. The van der Waals surface area contributed by atoms with Crippen LogP contribution in [0.4, 0.5) is 0 Å². The average Bonchev–Trinajstić information content (AvgIpc) is 2.97. The number of rotatable bonds is 12. The molecule has 228 valence electrons. The predicted molar refractivity (Wildman–Crippen MR) is 143 cm³/mol. The van der Waals surface area contributed by atoms with E-state index in [-0.39, 0.29) is 52.9 Å². The molecule has 4 rings (SSSR count). The number of carbonyl (C=O) groups excluding carboxylic acids is 1. The van der Waals surface area contributed by atoms with Gasteiger partial charge < -0.3 is 59.1 Å². The smallest absolute Gasteiger partial charge is 0.239 e. The Labute approximate surface area is 238 Å². The van der Waals surface area contributed by atoms with E-state index in [2.05, 4.69) is 0 Å². The highest BCUT2D eigenvalue weighted by Gasteiger charge is 2.42. The lowest BCUT2D eigenvalue weighted by Crippen LogP contribution is -2.54. The van der Waals surface area contributed by atoms with E-state index >= 15 is 0 Å². The fourth-order valence-electron chi connectivity index (χ4n) is 4.40. The summed E-state index contributed by atoms with van der Waals surface area (Å²) in [5.41, 5.74) is -0.841. The molecule has 1 aromatic heterocycles. The molecule has 0 bridgehead atoms. The van der Waals surface area contributed by atoms with Gasteiger partial charge in [-0.2, -0.15) is 0 Å². The molecule has 7 unspecified atom stereocenters. The van der Waals surface area contributed by atoms with Crippen LogP contribution in [0.2, 0.25) is 0 Å². The van der Waals surface area contributed by atoms with Crippen molar-refractivity contribution in [3.63, 3.8) is 0 Å². The number of aliphatic hydroxyl groups is 4. The summed E-state index contributed by atoms with van der Waals surface area (Å²) in [6.07, 6.45) is -9.15. The predicted octanol–water partition coefficient (Wildman–Crippen LogP) is 0.482. The number of aromatic hydroxyl groups is 3. The lowest BCUT2D eigenvalue weighted by Gasteiger charge is -2.39. The van der Waals surface area contributed by atoms with Crippen molar-refractivity contribution in [2.45, 2.75) is 62.9 Å². The lowest BCUT2D eigenvalue weighted by molar-refractivity contribution is -0.274. The van der Waals surface area contributed by atoms with E-state index in [1.807, 2.05) is 0 Å². The maximum atomic E-state index is 13.6. The minimum absolute atomic E-state index is 0.0832. The number of fused-ring (bicyclic) bond motifs is 1. The molecule has 1 fully saturated rings. The Morgan fingerprint density at radius 2 is 1.79 bits per heavy atom. The number of benzene rings is 2. The van der Waals surface area contributed by atoms with Gasteiger partial charge >= 0.3 is 0 Å². The Morgan fingerprint density at radius 1 is 1.07 bits per heavy atom. The molecule has 14 nitrogen and oxygen atoms in total. The quantitative estimate of drug-likeness (QED) is 0.112. The molecule has 0 amide bonds. The molecule has 3 aromatic rings. The van der Waals surface area contributed by atoms with Crippen LogP contribution in [0.5, 0.6) is 23.0 Å². The highest BCUT2D eigenvalue weighted by Crippen LogP contribution is 2.37. The summed E-state index contributed by atoms with van der Waals surface area (Å²) in [5, 5.41) is 70.2. The first-order valence-corrected chi connectivity index (χ1v) is 13.1. The van der Waals surface area contributed by atoms with Crippen LogP contribution in [0.15, 0.2) is 45.6 Å². The van der Waals surface area contributed by atoms with E-state index in [4.69, 9.17) is 23.4 Å². The Balaban J connectivity index is 1.67. The standard InChI is InChI=1S/C28H32O14/c1-2-17(33)19(35)12-38-22(11-30)40-21-9-16(10-29)39-28(24(21)36)42-27-25(37)23-18(34)7-15(32)8-20(23)41-26(27)13-3-5-14(31)6-4-13/h3-8,11,16-17,19,21-22,24,28-29,31-36H,2,9-10,12H2,1H3. The fourth-order valence-corrected chi connectivity index (χ4v) is 4.40. The van der Waals surface area contributed by atoms with Crippen molar-refractivity contribution in [2.24, 2.45) is 0 Å². The normalized spacial score (nSPS) is 22.9. The number of aliphatic hydroxyl groups excluding tert-OH is 4. The minimum atomic E-state index is -1.67. The van der Waals surface area contributed by atoms with Crippen molar-refractivity contribution in [1.29, 1.82) is 0 Å². The van der Waals surface area contributed by atoms with Crippen LogP contribution >= 0.6 is 0 Å². The molecule has 1 aliphatic rings. The van der Waals surface area contributed by atoms with Crippen LogP contribution in [0, 0.1) is 0 Å². The summed E-state index contributed by atoms with van der Waals surface area (Å²) in [7, 11) is 0. The number of hydrogen-bond donors (Lipinski definition) is 7. The zero-order chi connectivity index (χ0) is 30.6. The number of carbonyl (C=O) groups is 1. The molecular formula is C28H32O14. The second-order valence-electron chi connectivity index (χ2n) is 9.68. The zero-order valence-corrected chi connectivity index (χ0v) is 22.4. The highest BCUT2D eigenvalue weighted by molar-refractivity contribution is 5.88. The summed E-state index contributed by atoms with van der Waals surface area (Å²) in [6.45, 7) is 0.634. The van der Waals surface area contributed by atoms with Gasteiger partial charge in [-0.3, -0.25) is 9.59 Å². The molecule has 2 heterocycles. The van der Waals surface area contributed by atoms with Crippen LogP contribution in [-0.4, -0.2) is 98.3 Å². The first-order chi connectivity index (χ1) is 20.1. The fraction of sp³-hybridized carbons (Fsp3) is 0.429. The van der Waals surface area contributed by atoms with Gasteiger partial charge in [0.15, 0.2) is 12.0 Å². The zero-order valence-electron chi connectivity index (χ0n) is 22.4. The molecule has 7 N–H and O–H groups in total. The highest BCUT2D eigenvalue weighted by atomic mass is 16.7. The van der Waals surface area contributed by atoms with Gasteiger partial charge in [-0.1, -0.05) is 6.92 Å². The van der Waals surface area contributed by atoms with E-state index < -0.39 is 73.2 Å². The van der Waals surface area contributed by atoms with Crippen LogP contribution in [-0.2, 0) is 19.0 Å². The average molecular weight is 593 g/mol. The van der Waals surface area contributed by atoms with Crippen molar-refractivity contribution in [3.8, 4) is 34.3 Å². The van der Waals surface area contributed by atoms with Crippen LogP contribution < -0.4 is 10.2 Å². The van der Waals surface area contributed by atoms with Crippen molar-refractivity contribution < 1.29 is 63.9 Å². The molecule has 0 saturated carbocycles. The Bertz CT molecular complexity index is 1420. The summed E-state index contributed by atoms with van der Waals surface area (Å²) in [5.74, 6) is -1.79. The molecule has 2 aromatic carbocycles. The Kier molecular flexibility index (Phi) is 10.0. The van der Waals surface area contributed by atoms with Gasteiger partial charge in [-0.15, -0.1) is 0 Å². The van der Waals surface area contributed by atoms with Crippen LogP contribution in [0.25, 0.3) is 22.3 Å². The molecule has 0 spiro atoms. The van der Waals surface area contributed by atoms with Gasteiger partial charge in [-0.25, -0.2) is 0 Å². The monoisotopic (exact) mass is 592 g/mol. The molecule has 1 saturated heterocycles. The summed E-state index contributed by atoms with van der Waals surface area (Å²) < 4.78 is 28.1. The Hall–Kier alpha value is -3.76. The first-order valence-electron chi connectivity index (χ1n) is 13.1. The summed E-state index contributed by atoms with van der Waals surface area (Å²) in [4.78, 5) is 25.2. The second kappa shape index (κ2) is 13.5. The van der Waals surface area contributed by atoms with Gasteiger partial charge in [0.25, 0.3) is 0 Å². The van der Waals surface area contributed by atoms with Gasteiger partial charge in [-0.05, 0) is 30.7 Å². The molecule has 14 heteroatoms. The van der Waals surface area contributed by atoms with Crippen LogP contribution in [0.1, 0.15) is 19.8 Å². The molecule has 0 aliphatic carbocycles. The van der Waals surface area contributed by atoms with E-state index in [1.165, 1.54) is 24.3 Å². The third kappa shape index (κ3) is 6.82. The maximum absolute atomic E-state index is 13.6. The summed E-state index contributed by atoms with van der Waals surface area (Å²) in [6, 6.07) is 7.49. The van der Waals surface area contributed by atoms with Crippen molar-refractivity contribution in [3.05, 3.63) is 46.6 Å². The number of hydrogen-bond acceptors (Lipinski definition) is 14. The third-order valence-electron chi connectivity index (χ3n) is 6.68. The molecule has 42 heavy (non-hydrogen) atoms. The van der Waals surface area contributed by atoms with E-state index in [9.17, 15) is 45.3 Å². The van der Waals surface area contributed by atoms with Crippen molar-refractivity contribution in [2.75, 3.05) is 13.2 Å².